The Morgan fingerprint density at radius 3 is 2.41 bits per heavy atom. The molecule has 1 N–H and O–H groups in total. The number of aliphatic hydroxyl groups excluding tert-OH is 1. The summed E-state index contributed by atoms with van der Waals surface area (Å²) in [4.78, 5) is 9.73. The molecule has 0 aliphatic rings. The van der Waals surface area contributed by atoms with Crippen molar-refractivity contribution in [3.8, 4) is 0 Å². The zero-order valence-corrected chi connectivity index (χ0v) is 10.7. The minimum atomic E-state index is 0.0800. The Labute approximate surface area is 105 Å². The zero-order valence-electron chi connectivity index (χ0n) is 9.84. The monoisotopic (exact) mass is 246 g/mol. The highest BCUT2D eigenvalue weighted by Gasteiger charge is 2.01. The summed E-state index contributed by atoms with van der Waals surface area (Å²) < 4.78 is 0. The number of nitrogens with zero attached hydrogens (tertiary/aromatic N) is 2. The van der Waals surface area contributed by atoms with Gasteiger partial charge in [-0.15, -0.1) is 0 Å². The molecule has 0 aliphatic heterocycles. The lowest BCUT2D eigenvalue weighted by atomic mass is 10.2. The number of aromatic nitrogens is 2. The van der Waals surface area contributed by atoms with Crippen LogP contribution in [0.3, 0.4) is 0 Å². The minimum absolute atomic E-state index is 0.0800. The van der Waals surface area contributed by atoms with Gasteiger partial charge < -0.3 is 5.11 Å². The third-order valence-corrected chi connectivity index (χ3v) is 3.20. The molecule has 17 heavy (non-hydrogen) atoms. The van der Waals surface area contributed by atoms with Crippen LogP contribution in [0, 0.1) is 13.8 Å². The van der Waals surface area contributed by atoms with Crippen LogP contribution < -0.4 is 0 Å². The maximum atomic E-state index is 8.96. The first kappa shape index (κ1) is 12.1. The van der Waals surface area contributed by atoms with E-state index in [0.29, 0.717) is 0 Å². The van der Waals surface area contributed by atoms with E-state index in [1.165, 1.54) is 0 Å². The van der Waals surface area contributed by atoms with Gasteiger partial charge in [0.15, 0.2) is 0 Å². The van der Waals surface area contributed by atoms with E-state index >= 15 is 0 Å². The summed E-state index contributed by atoms with van der Waals surface area (Å²) in [6.45, 7) is 3.94. The number of benzene rings is 1. The van der Waals surface area contributed by atoms with Crippen LogP contribution in [0.5, 0.6) is 0 Å². The smallest absolute Gasteiger partial charge is 0.126 e. The summed E-state index contributed by atoms with van der Waals surface area (Å²) in [6, 6.07) is 9.79. The number of rotatable bonds is 3. The SMILES string of the molecule is Cc1cc(Sc2ccc(CO)cc2)nc(C)n1. The van der Waals surface area contributed by atoms with E-state index in [2.05, 4.69) is 9.97 Å². The van der Waals surface area contributed by atoms with E-state index in [1.54, 1.807) is 11.8 Å². The van der Waals surface area contributed by atoms with Gasteiger partial charge in [-0.2, -0.15) is 0 Å². The van der Waals surface area contributed by atoms with Crippen molar-refractivity contribution in [2.24, 2.45) is 0 Å². The molecule has 1 heterocycles. The second kappa shape index (κ2) is 5.29. The molecular formula is C13H14N2OS. The van der Waals surface area contributed by atoms with Crippen molar-refractivity contribution in [3.05, 3.63) is 47.4 Å². The Balaban J connectivity index is 2.19. The fraction of sp³-hybridized carbons (Fsp3) is 0.231. The molecule has 1 aromatic heterocycles. The van der Waals surface area contributed by atoms with E-state index in [0.717, 1.165) is 27.0 Å². The summed E-state index contributed by atoms with van der Waals surface area (Å²) >= 11 is 1.60. The molecule has 0 fully saturated rings. The molecule has 2 aromatic rings. The Hall–Kier alpha value is -1.39. The topological polar surface area (TPSA) is 46.0 Å². The zero-order chi connectivity index (χ0) is 12.3. The van der Waals surface area contributed by atoms with Crippen LogP contribution in [0.1, 0.15) is 17.1 Å². The third-order valence-electron chi connectivity index (χ3n) is 2.27. The largest absolute Gasteiger partial charge is 0.392 e. The van der Waals surface area contributed by atoms with E-state index in [4.69, 9.17) is 5.11 Å². The molecule has 0 bridgehead atoms. The molecule has 3 nitrogen and oxygen atoms in total. The quantitative estimate of drug-likeness (QED) is 0.846. The summed E-state index contributed by atoms with van der Waals surface area (Å²) in [5, 5.41) is 9.91. The lowest BCUT2D eigenvalue weighted by Gasteiger charge is -2.04. The van der Waals surface area contributed by atoms with Crippen molar-refractivity contribution < 1.29 is 5.11 Å². The summed E-state index contributed by atoms with van der Waals surface area (Å²) in [5.74, 6) is 0.791. The van der Waals surface area contributed by atoms with Crippen LogP contribution in [0.2, 0.25) is 0 Å². The molecule has 0 saturated heterocycles. The second-order valence-corrected chi connectivity index (χ2v) is 4.89. The highest BCUT2D eigenvalue weighted by Crippen LogP contribution is 2.26. The molecule has 0 radical (unpaired) electrons. The van der Waals surface area contributed by atoms with Gasteiger partial charge >= 0.3 is 0 Å². The number of hydrogen-bond donors (Lipinski definition) is 1. The van der Waals surface area contributed by atoms with E-state index in [1.807, 2.05) is 44.2 Å². The molecule has 0 saturated carbocycles. The Kier molecular flexibility index (Phi) is 3.76. The predicted octanol–water partition coefficient (Wildman–Crippen LogP) is 2.74. The molecule has 0 aliphatic carbocycles. The van der Waals surface area contributed by atoms with Crippen LogP contribution in [-0.4, -0.2) is 15.1 Å². The highest BCUT2D eigenvalue weighted by molar-refractivity contribution is 7.99. The van der Waals surface area contributed by atoms with Crippen LogP contribution in [-0.2, 0) is 6.61 Å². The average molecular weight is 246 g/mol. The Morgan fingerprint density at radius 1 is 1.12 bits per heavy atom. The van der Waals surface area contributed by atoms with Gasteiger partial charge in [0.1, 0.15) is 10.9 Å². The maximum absolute atomic E-state index is 8.96. The standard InChI is InChI=1S/C13H14N2OS/c1-9-7-13(15-10(2)14-9)17-12-5-3-11(8-16)4-6-12/h3-7,16H,8H2,1-2H3. The van der Waals surface area contributed by atoms with Gasteiger partial charge in [0, 0.05) is 10.6 Å². The summed E-state index contributed by atoms with van der Waals surface area (Å²) in [6.07, 6.45) is 0. The Morgan fingerprint density at radius 2 is 1.82 bits per heavy atom. The first-order valence-electron chi connectivity index (χ1n) is 5.37. The van der Waals surface area contributed by atoms with Gasteiger partial charge in [0.2, 0.25) is 0 Å². The molecule has 1 aromatic carbocycles. The van der Waals surface area contributed by atoms with Crippen molar-refractivity contribution >= 4 is 11.8 Å². The molecule has 88 valence electrons. The third kappa shape index (κ3) is 3.28. The second-order valence-electron chi connectivity index (χ2n) is 3.80. The van der Waals surface area contributed by atoms with Crippen LogP contribution in [0.25, 0.3) is 0 Å². The molecular weight excluding hydrogens is 232 g/mol. The van der Waals surface area contributed by atoms with E-state index in [9.17, 15) is 0 Å². The predicted molar refractivity (Wildman–Crippen MR) is 68.0 cm³/mol. The molecule has 0 atom stereocenters. The van der Waals surface area contributed by atoms with Gasteiger partial charge in [-0.05, 0) is 37.6 Å². The van der Waals surface area contributed by atoms with Crippen molar-refractivity contribution in [3.63, 3.8) is 0 Å². The van der Waals surface area contributed by atoms with Gasteiger partial charge in [-0.1, -0.05) is 23.9 Å². The van der Waals surface area contributed by atoms with Crippen molar-refractivity contribution in [2.45, 2.75) is 30.4 Å². The first-order valence-corrected chi connectivity index (χ1v) is 6.19. The average Bonchev–Trinajstić information content (AvgIpc) is 2.28. The highest BCUT2D eigenvalue weighted by atomic mass is 32.2. The minimum Gasteiger partial charge on any atom is -0.392 e. The lowest BCUT2D eigenvalue weighted by Crippen LogP contribution is -1.92. The maximum Gasteiger partial charge on any atom is 0.126 e. The van der Waals surface area contributed by atoms with Crippen LogP contribution >= 0.6 is 11.8 Å². The van der Waals surface area contributed by atoms with E-state index < -0.39 is 0 Å². The van der Waals surface area contributed by atoms with Crippen LogP contribution in [0.15, 0.2) is 40.3 Å². The van der Waals surface area contributed by atoms with Crippen molar-refractivity contribution in [2.75, 3.05) is 0 Å². The summed E-state index contributed by atoms with van der Waals surface area (Å²) in [5.41, 5.74) is 1.90. The van der Waals surface area contributed by atoms with Gasteiger partial charge in [-0.25, -0.2) is 9.97 Å². The normalized spacial score (nSPS) is 10.5. The molecule has 0 amide bonds. The van der Waals surface area contributed by atoms with Gasteiger partial charge in [0.05, 0.1) is 6.61 Å². The number of aryl methyl sites for hydroxylation is 2. The fourth-order valence-corrected chi connectivity index (χ4v) is 2.44. The van der Waals surface area contributed by atoms with Crippen molar-refractivity contribution in [1.29, 1.82) is 0 Å². The number of aliphatic hydroxyl groups is 1. The molecule has 4 heteroatoms. The lowest BCUT2D eigenvalue weighted by molar-refractivity contribution is 0.282. The molecule has 2 rings (SSSR count). The summed E-state index contributed by atoms with van der Waals surface area (Å²) in [7, 11) is 0. The molecule has 0 unspecified atom stereocenters. The first-order chi connectivity index (χ1) is 8.17. The molecule has 0 spiro atoms. The van der Waals surface area contributed by atoms with E-state index in [-0.39, 0.29) is 6.61 Å². The fourth-order valence-electron chi connectivity index (χ4n) is 1.52. The number of hydrogen-bond acceptors (Lipinski definition) is 4. The van der Waals surface area contributed by atoms with Gasteiger partial charge in [-0.3, -0.25) is 0 Å². The Bertz CT molecular complexity index is 491. The van der Waals surface area contributed by atoms with Crippen LogP contribution in [0.4, 0.5) is 0 Å². The van der Waals surface area contributed by atoms with Gasteiger partial charge in [0.25, 0.3) is 0 Å². The van der Waals surface area contributed by atoms with Crippen molar-refractivity contribution in [1.82, 2.24) is 9.97 Å².